The second kappa shape index (κ2) is 7.18. The largest absolute Gasteiger partial charge is 0.495 e. The molecule has 0 aliphatic heterocycles. The maximum Gasteiger partial charge on any atom is 0.141 e. The third-order valence-corrected chi connectivity index (χ3v) is 4.10. The van der Waals surface area contributed by atoms with Gasteiger partial charge in [-0.1, -0.05) is 48.5 Å². The molecule has 3 rings (SSSR count). The van der Waals surface area contributed by atoms with Gasteiger partial charge >= 0.3 is 0 Å². The molecule has 122 valence electrons. The van der Waals surface area contributed by atoms with Crippen LogP contribution >= 0.6 is 0 Å². The van der Waals surface area contributed by atoms with E-state index in [1.165, 1.54) is 10.8 Å². The van der Waals surface area contributed by atoms with E-state index in [4.69, 9.17) is 4.74 Å². The van der Waals surface area contributed by atoms with Gasteiger partial charge < -0.3 is 10.1 Å². The van der Waals surface area contributed by atoms with Crippen LogP contribution in [0.1, 0.15) is 24.9 Å². The van der Waals surface area contributed by atoms with Crippen molar-refractivity contribution in [1.82, 2.24) is 0 Å². The topological polar surface area (TPSA) is 38.3 Å². The Bertz CT molecular complexity index is 857. The van der Waals surface area contributed by atoms with Crippen LogP contribution in [0.25, 0.3) is 10.8 Å². The minimum Gasteiger partial charge on any atom is -0.495 e. The summed E-state index contributed by atoms with van der Waals surface area (Å²) < 4.78 is 5.41. The second-order valence-corrected chi connectivity index (χ2v) is 5.91. The molecule has 0 bridgehead atoms. The summed E-state index contributed by atoms with van der Waals surface area (Å²) in [6.45, 7) is 1.62. The van der Waals surface area contributed by atoms with Crippen LogP contribution in [0.3, 0.4) is 0 Å². The molecule has 0 aromatic heterocycles. The average Bonchev–Trinajstić information content (AvgIpc) is 2.61. The molecule has 0 radical (unpaired) electrons. The molecule has 0 heterocycles. The van der Waals surface area contributed by atoms with E-state index in [9.17, 15) is 4.79 Å². The zero-order valence-corrected chi connectivity index (χ0v) is 14.0. The molecule has 0 spiro atoms. The molecule has 0 aliphatic carbocycles. The Kier molecular flexibility index (Phi) is 4.80. The van der Waals surface area contributed by atoms with Crippen molar-refractivity contribution in [1.29, 1.82) is 0 Å². The number of ketones is 1. The summed E-state index contributed by atoms with van der Waals surface area (Å²) in [5.74, 6) is 0.919. The van der Waals surface area contributed by atoms with E-state index in [2.05, 4.69) is 35.6 Å². The van der Waals surface area contributed by atoms with Crippen molar-refractivity contribution in [2.45, 2.75) is 19.4 Å². The number of nitrogens with one attached hydrogen (secondary N) is 1. The predicted octanol–water partition coefficient (Wildman–Crippen LogP) is 4.98. The van der Waals surface area contributed by atoms with Gasteiger partial charge in [0, 0.05) is 6.42 Å². The lowest BCUT2D eigenvalue weighted by atomic mass is 9.98. The van der Waals surface area contributed by atoms with Crippen molar-refractivity contribution in [3.8, 4) is 5.75 Å². The molecule has 3 aromatic carbocycles. The maximum absolute atomic E-state index is 11.8. The van der Waals surface area contributed by atoms with E-state index in [0.717, 1.165) is 17.0 Å². The summed E-state index contributed by atoms with van der Waals surface area (Å²) in [4.78, 5) is 11.8. The van der Waals surface area contributed by atoms with Gasteiger partial charge in [-0.3, -0.25) is 4.79 Å². The van der Waals surface area contributed by atoms with Crippen LogP contribution in [0, 0.1) is 0 Å². The quantitative estimate of drug-likeness (QED) is 0.696. The Morgan fingerprint density at radius 3 is 2.46 bits per heavy atom. The van der Waals surface area contributed by atoms with Gasteiger partial charge in [0.05, 0.1) is 18.8 Å². The number of benzene rings is 3. The fourth-order valence-electron chi connectivity index (χ4n) is 2.92. The number of carbonyl (C=O) groups is 1. The summed E-state index contributed by atoms with van der Waals surface area (Å²) in [5, 5.41) is 5.83. The SMILES string of the molecule is COc1ccccc1N[C@H](CC(C)=O)c1ccc2ccccc2c1. The summed E-state index contributed by atoms with van der Waals surface area (Å²) >= 11 is 0. The van der Waals surface area contributed by atoms with Gasteiger partial charge in [0.25, 0.3) is 0 Å². The fourth-order valence-corrected chi connectivity index (χ4v) is 2.92. The molecule has 3 aromatic rings. The van der Waals surface area contributed by atoms with Crippen molar-refractivity contribution in [2.75, 3.05) is 12.4 Å². The Morgan fingerprint density at radius 2 is 1.71 bits per heavy atom. The zero-order valence-electron chi connectivity index (χ0n) is 14.0. The van der Waals surface area contributed by atoms with Crippen molar-refractivity contribution in [2.24, 2.45) is 0 Å². The summed E-state index contributed by atoms with van der Waals surface area (Å²) in [6.07, 6.45) is 0.427. The first-order chi connectivity index (χ1) is 11.7. The first kappa shape index (κ1) is 16.1. The number of para-hydroxylation sites is 2. The monoisotopic (exact) mass is 319 g/mol. The van der Waals surface area contributed by atoms with Crippen molar-refractivity contribution in [3.05, 3.63) is 72.3 Å². The van der Waals surface area contributed by atoms with Gasteiger partial charge in [0.2, 0.25) is 0 Å². The fraction of sp³-hybridized carbons (Fsp3) is 0.190. The zero-order chi connectivity index (χ0) is 16.9. The van der Waals surface area contributed by atoms with Gasteiger partial charge in [-0.05, 0) is 41.5 Å². The van der Waals surface area contributed by atoms with Crippen LogP contribution in [0.2, 0.25) is 0 Å². The molecule has 24 heavy (non-hydrogen) atoms. The van der Waals surface area contributed by atoms with Crippen LogP contribution in [-0.2, 0) is 4.79 Å². The summed E-state index contributed by atoms with van der Waals surface area (Å²) in [7, 11) is 1.65. The van der Waals surface area contributed by atoms with E-state index in [-0.39, 0.29) is 11.8 Å². The van der Waals surface area contributed by atoms with Crippen molar-refractivity contribution in [3.63, 3.8) is 0 Å². The summed E-state index contributed by atoms with van der Waals surface area (Å²) in [6, 6.07) is 22.2. The highest BCUT2D eigenvalue weighted by Crippen LogP contribution is 2.31. The lowest BCUT2D eigenvalue weighted by molar-refractivity contribution is -0.117. The van der Waals surface area contributed by atoms with E-state index in [0.29, 0.717) is 6.42 Å². The van der Waals surface area contributed by atoms with Crippen molar-refractivity contribution < 1.29 is 9.53 Å². The molecule has 0 amide bonds. The van der Waals surface area contributed by atoms with Crippen LogP contribution in [0.4, 0.5) is 5.69 Å². The number of hydrogen-bond acceptors (Lipinski definition) is 3. The number of Topliss-reactive ketones (excluding diaryl/α,β-unsaturated/α-hetero) is 1. The number of anilines is 1. The minimum atomic E-state index is -0.0941. The number of ether oxygens (including phenoxy) is 1. The van der Waals surface area contributed by atoms with Gasteiger partial charge in [-0.2, -0.15) is 0 Å². The van der Waals surface area contributed by atoms with Crippen LogP contribution in [0.15, 0.2) is 66.7 Å². The highest BCUT2D eigenvalue weighted by Gasteiger charge is 2.16. The van der Waals surface area contributed by atoms with Gasteiger partial charge in [-0.15, -0.1) is 0 Å². The van der Waals surface area contributed by atoms with Gasteiger partial charge in [-0.25, -0.2) is 0 Å². The average molecular weight is 319 g/mol. The predicted molar refractivity (Wildman–Crippen MR) is 98.6 cm³/mol. The van der Waals surface area contributed by atoms with Crippen LogP contribution in [-0.4, -0.2) is 12.9 Å². The number of hydrogen-bond donors (Lipinski definition) is 1. The third kappa shape index (κ3) is 3.57. The number of fused-ring (bicyclic) bond motifs is 1. The van der Waals surface area contributed by atoms with Gasteiger partial charge in [0.1, 0.15) is 11.5 Å². The van der Waals surface area contributed by atoms with Crippen molar-refractivity contribution >= 4 is 22.2 Å². The number of rotatable bonds is 6. The van der Waals surface area contributed by atoms with Crippen LogP contribution < -0.4 is 10.1 Å². The maximum atomic E-state index is 11.8. The Morgan fingerprint density at radius 1 is 1.00 bits per heavy atom. The normalized spacial score (nSPS) is 11.9. The molecule has 1 atom stereocenters. The molecule has 0 fully saturated rings. The van der Waals surface area contributed by atoms with E-state index < -0.39 is 0 Å². The Balaban J connectivity index is 1.97. The lowest BCUT2D eigenvalue weighted by Crippen LogP contribution is -2.14. The van der Waals surface area contributed by atoms with Crippen LogP contribution in [0.5, 0.6) is 5.75 Å². The molecule has 0 aliphatic rings. The lowest BCUT2D eigenvalue weighted by Gasteiger charge is -2.21. The number of carbonyl (C=O) groups excluding carboxylic acids is 1. The molecule has 0 saturated heterocycles. The third-order valence-electron chi connectivity index (χ3n) is 4.10. The minimum absolute atomic E-state index is 0.0941. The first-order valence-electron chi connectivity index (χ1n) is 8.05. The highest BCUT2D eigenvalue weighted by atomic mass is 16.5. The number of methoxy groups -OCH3 is 1. The van der Waals surface area contributed by atoms with Gasteiger partial charge in [0.15, 0.2) is 0 Å². The first-order valence-corrected chi connectivity index (χ1v) is 8.05. The molecular weight excluding hydrogens is 298 g/mol. The highest BCUT2D eigenvalue weighted by molar-refractivity contribution is 5.84. The summed E-state index contributed by atoms with van der Waals surface area (Å²) in [5.41, 5.74) is 1.98. The standard InChI is InChI=1S/C21H21NO2/c1-15(23)13-20(22-19-9-5-6-10-21(19)24-2)18-12-11-16-7-3-4-8-17(16)14-18/h3-12,14,20,22H,13H2,1-2H3/t20-/m1/s1. The molecular formula is C21H21NO2. The molecule has 0 unspecified atom stereocenters. The second-order valence-electron chi connectivity index (χ2n) is 5.91. The smallest absolute Gasteiger partial charge is 0.141 e. The van der Waals surface area contributed by atoms with E-state index >= 15 is 0 Å². The Labute approximate surface area is 142 Å². The van der Waals surface area contributed by atoms with E-state index in [1.807, 2.05) is 36.4 Å². The Hall–Kier alpha value is -2.81. The molecule has 0 saturated carbocycles. The molecule has 3 heteroatoms. The molecule has 1 N–H and O–H groups in total. The van der Waals surface area contributed by atoms with E-state index in [1.54, 1.807) is 14.0 Å². The molecule has 3 nitrogen and oxygen atoms in total.